The SMILES string of the molecule is C=C(C)/C(=C1/C(=O)C(c2c(C)n(CCCC)c3ccc(CC)cc23)=C1O)c1cc(C)ccc1C. The Hall–Kier alpha value is -3.33. The van der Waals surface area contributed by atoms with Crippen LogP contribution >= 0.6 is 0 Å². The molecule has 3 heteroatoms. The number of unbranched alkanes of at least 4 members (excludes halogenated alkanes) is 1. The monoisotopic (exact) mass is 453 g/mol. The number of nitrogens with zero attached hydrogens (tertiary/aromatic N) is 1. The highest BCUT2D eigenvalue weighted by atomic mass is 16.3. The van der Waals surface area contributed by atoms with Crippen molar-refractivity contribution < 1.29 is 9.90 Å². The van der Waals surface area contributed by atoms with Crippen molar-refractivity contribution in [2.24, 2.45) is 0 Å². The molecular formula is C31H35NO2. The first-order valence-corrected chi connectivity index (χ1v) is 12.3. The number of Topliss-reactive ketones (excluding diaryl/α,β-unsaturated/α-hetero) is 1. The van der Waals surface area contributed by atoms with E-state index in [0.717, 1.165) is 75.8 Å². The van der Waals surface area contributed by atoms with Gasteiger partial charge in [-0.05, 0) is 80.5 Å². The molecule has 0 saturated heterocycles. The van der Waals surface area contributed by atoms with Crippen molar-refractivity contribution >= 4 is 27.8 Å². The molecule has 0 unspecified atom stereocenters. The number of benzene rings is 2. The van der Waals surface area contributed by atoms with Crippen LogP contribution in [0.25, 0.3) is 22.0 Å². The van der Waals surface area contributed by atoms with E-state index in [1.54, 1.807) is 0 Å². The quantitative estimate of drug-likeness (QED) is 0.371. The number of carbonyl (C=O) groups is 1. The van der Waals surface area contributed by atoms with Crippen molar-refractivity contribution in [3.8, 4) is 0 Å². The molecule has 1 N–H and O–H groups in total. The van der Waals surface area contributed by atoms with Crippen LogP contribution in [0.2, 0.25) is 0 Å². The zero-order valence-corrected chi connectivity index (χ0v) is 21.3. The van der Waals surface area contributed by atoms with E-state index in [2.05, 4.69) is 68.3 Å². The number of hydrogen-bond donors (Lipinski definition) is 1. The van der Waals surface area contributed by atoms with Crippen molar-refractivity contribution in [2.45, 2.75) is 67.3 Å². The summed E-state index contributed by atoms with van der Waals surface area (Å²) in [6, 6.07) is 12.7. The summed E-state index contributed by atoms with van der Waals surface area (Å²) in [5.41, 5.74) is 9.72. The number of aliphatic hydroxyl groups excluding tert-OH is 1. The molecule has 0 bridgehead atoms. The van der Waals surface area contributed by atoms with Gasteiger partial charge in [0.2, 0.25) is 5.78 Å². The van der Waals surface area contributed by atoms with Gasteiger partial charge in [-0.2, -0.15) is 0 Å². The number of aryl methyl sites for hydroxylation is 4. The summed E-state index contributed by atoms with van der Waals surface area (Å²) in [6.45, 7) is 17.4. The average molecular weight is 454 g/mol. The Labute approximate surface area is 203 Å². The van der Waals surface area contributed by atoms with Crippen LogP contribution in [0.15, 0.2) is 59.9 Å². The Morgan fingerprint density at radius 2 is 1.79 bits per heavy atom. The van der Waals surface area contributed by atoms with E-state index in [0.29, 0.717) is 11.1 Å². The first kappa shape index (κ1) is 23.8. The molecule has 1 aliphatic carbocycles. The summed E-state index contributed by atoms with van der Waals surface area (Å²) in [6.07, 6.45) is 3.08. The van der Waals surface area contributed by atoms with Crippen molar-refractivity contribution in [3.05, 3.63) is 93.4 Å². The van der Waals surface area contributed by atoms with E-state index >= 15 is 0 Å². The van der Waals surface area contributed by atoms with E-state index in [9.17, 15) is 9.90 Å². The number of carbonyl (C=O) groups excluding carboxylic acids is 1. The van der Waals surface area contributed by atoms with Crippen LogP contribution in [0.1, 0.15) is 67.1 Å². The fourth-order valence-corrected chi connectivity index (χ4v) is 5.12. The van der Waals surface area contributed by atoms with Crippen molar-refractivity contribution in [3.63, 3.8) is 0 Å². The zero-order valence-electron chi connectivity index (χ0n) is 21.3. The highest BCUT2D eigenvalue weighted by Gasteiger charge is 2.40. The van der Waals surface area contributed by atoms with Crippen molar-refractivity contribution in [2.75, 3.05) is 0 Å². The Bertz CT molecular complexity index is 1390. The summed E-state index contributed by atoms with van der Waals surface area (Å²) in [4.78, 5) is 13.7. The number of rotatable bonds is 7. The van der Waals surface area contributed by atoms with Crippen molar-refractivity contribution in [1.29, 1.82) is 0 Å². The molecule has 0 radical (unpaired) electrons. The molecule has 1 aromatic heterocycles. The third-order valence-corrected chi connectivity index (χ3v) is 7.05. The predicted octanol–water partition coefficient (Wildman–Crippen LogP) is 7.81. The van der Waals surface area contributed by atoms with Crippen LogP contribution in [-0.4, -0.2) is 15.5 Å². The lowest BCUT2D eigenvalue weighted by Gasteiger charge is -2.26. The number of aliphatic hydroxyl groups is 1. The molecule has 4 rings (SSSR count). The number of hydrogen-bond acceptors (Lipinski definition) is 2. The van der Waals surface area contributed by atoms with Gasteiger partial charge < -0.3 is 9.67 Å². The van der Waals surface area contributed by atoms with Crippen LogP contribution < -0.4 is 0 Å². The third kappa shape index (κ3) is 3.73. The largest absolute Gasteiger partial charge is 0.506 e. The van der Waals surface area contributed by atoms with Gasteiger partial charge in [0.05, 0.1) is 11.1 Å². The lowest BCUT2D eigenvalue weighted by atomic mass is 9.76. The standard InChI is InChI=1S/C31H35NO2/c1-8-10-15-32-21(7)27(24-17-22(9-2)13-14-25(24)32)29-30(33)28(31(29)34)26(18(3)4)23-16-19(5)11-12-20(23)6/h11-14,16-17,33H,3,8-10,15H2,1-2,4-7H3/b28-26-. The predicted molar refractivity (Wildman–Crippen MR) is 143 cm³/mol. The van der Waals surface area contributed by atoms with E-state index in [1.807, 2.05) is 20.8 Å². The van der Waals surface area contributed by atoms with Crippen molar-refractivity contribution in [1.82, 2.24) is 4.57 Å². The summed E-state index contributed by atoms with van der Waals surface area (Å²) in [5, 5.41) is 12.4. The van der Waals surface area contributed by atoms with Gasteiger partial charge in [-0.3, -0.25) is 4.79 Å². The number of allylic oxidation sites excluding steroid dienone is 4. The van der Waals surface area contributed by atoms with Gasteiger partial charge in [0.25, 0.3) is 0 Å². The molecule has 1 aliphatic rings. The molecular weight excluding hydrogens is 418 g/mol. The van der Waals surface area contributed by atoms with Gasteiger partial charge in [-0.15, -0.1) is 0 Å². The molecule has 1 heterocycles. The van der Waals surface area contributed by atoms with Crippen LogP contribution in [0.5, 0.6) is 0 Å². The smallest absolute Gasteiger partial charge is 0.201 e. The minimum absolute atomic E-state index is 0.0865. The average Bonchev–Trinajstić information content (AvgIpc) is 3.07. The molecule has 0 saturated carbocycles. The molecule has 3 nitrogen and oxygen atoms in total. The van der Waals surface area contributed by atoms with Gasteiger partial charge in [0.15, 0.2) is 0 Å². The lowest BCUT2D eigenvalue weighted by Crippen LogP contribution is -2.23. The molecule has 2 aromatic carbocycles. The van der Waals surface area contributed by atoms with E-state index < -0.39 is 0 Å². The van der Waals surface area contributed by atoms with E-state index in [4.69, 9.17) is 0 Å². The normalized spacial score (nSPS) is 15.2. The summed E-state index contributed by atoms with van der Waals surface area (Å²) < 4.78 is 2.30. The zero-order chi connectivity index (χ0) is 24.7. The summed E-state index contributed by atoms with van der Waals surface area (Å²) in [7, 11) is 0. The van der Waals surface area contributed by atoms with Gasteiger partial charge >= 0.3 is 0 Å². The lowest BCUT2D eigenvalue weighted by molar-refractivity contribution is -0.111. The van der Waals surface area contributed by atoms with Gasteiger partial charge in [0, 0.05) is 28.7 Å². The molecule has 34 heavy (non-hydrogen) atoms. The first-order valence-electron chi connectivity index (χ1n) is 12.3. The maximum Gasteiger partial charge on any atom is 0.201 e. The molecule has 0 spiro atoms. The molecule has 0 aliphatic heterocycles. The molecule has 0 fully saturated rings. The number of aromatic nitrogens is 1. The van der Waals surface area contributed by atoms with E-state index in [-0.39, 0.29) is 11.5 Å². The summed E-state index contributed by atoms with van der Waals surface area (Å²) in [5.74, 6) is -0.0144. The highest BCUT2D eigenvalue weighted by Crippen LogP contribution is 2.46. The second kappa shape index (κ2) is 9.13. The third-order valence-electron chi connectivity index (χ3n) is 7.05. The fraction of sp³-hybridized carbons (Fsp3) is 0.323. The van der Waals surface area contributed by atoms with Crippen LogP contribution in [-0.2, 0) is 17.8 Å². The molecule has 3 aromatic rings. The maximum absolute atomic E-state index is 13.7. The molecule has 0 atom stereocenters. The second-order valence-corrected chi connectivity index (χ2v) is 9.57. The Balaban J connectivity index is 1.99. The Morgan fingerprint density at radius 3 is 2.41 bits per heavy atom. The first-order chi connectivity index (χ1) is 16.2. The minimum Gasteiger partial charge on any atom is -0.506 e. The second-order valence-electron chi connectivity index (χ2n) is 9.57. The van der Waals surface area contributed by atoms with Gasteiger partial charge in [-0.1, -0.05) is 56.7 Å². The van der Waals surface area contributed by atoms with Crippen LogP contribution in [0.3, 0.4) is 0 Å². The van der Waals surface area contributed by atoms with Crippen LogP contribution in [0.4, 0.5) is 0 Å². The van der Waals surface area contributed by atoms with Gasteiger partial charge in [0.1, 0.15) is 5.76 Å². The van der Waals surface area contributed by atoms with E-state index in [1.165, 1.54) is 5.56 Å². The molecule has 0 amide bonds. The number of fused-ring (bicyclic) bond motifs is 1. The summed E-state index contributed by atoms with van der Waals surface area (Å²) >= 11 is 0. The highest BCUT2D eigenvalue weighted by molar-refractivity contribution is 6.43. The van der Waals surface area contributed by atoms with Crippen LogP contribution in [0, 0.1) is 20.8 Å². The topological polar surface area (TPSA) is 42.2 Å². The Kier molecular flexibility index (Phi) is 6.40. The number of ketones is 1. The maximum atomic E-state index is 13.7. The molecule has 176 valence electrons. The fourth-order valence-electron chi connectivity index (χ4n) is 5.12. The van der Waals surface area contributed by atoms with Gasteiger partial charge in [-0.25, -0.2) is 0 Å². The Morgan fingerprint density at radius 1 is 1.06 bits per heavy atom. The minimum atomic E-state index is -0.101.